The summed E-state index contributed by atoms with van der Waals surface area (Å²) in [6.45, 7) is 4.86. The molecule has 102 valence electrons. The van der Waals surface area contributed by atoms with E-state index in [4.69, 9.17) is 0 Å². The third kappa shape index (κ3) is 6.35. The first-order valence-electron chi connectivity index (χ1n) is 6.31. The summed E-state index contributed by atoms with van der Waals surface area (Å²) in [5.74, 6) is 0.658. The van der Waals surface area contributed by atoms with Gasteiger partial charge in [0.15, 0.2) is 0 Å². The highest BCUT2D eigenvalue weighted by Crippen LogP contribution is 2.23. The monoisotopic (exact) mass is 264 g/mol. The minimum atomic E-state index is -3.35. The highest BCUT2D eigenvalue weighted by atomic mass is 32.2. The van der Waals surface area contributed by atoms with E-state index in [1.807, 2.05) is 13.8 Å². The predicted octanol–water partition coefficient (Wildman–Crippen LogP) is 0.618. The van der Waals surface area contributed by atoms with Crippen molar-refractivity contribution >= 4 is 10.2 Å². The smallest absolute Gasteiger partial charge is 0.276 e. The Morgan fingerprint density at radius 1 is 1.18 bits per heavy atom. The molecule has 6 heteroatoms. The van der Waals surface area contributed by atoms with E-state index < -0.39 is 10.2 Å². The van der Waals surface area contributed by atoms with E-state index in [0.717, 1.165) is 25.7 Å². The Hall–Kier alpha value is -0.170. The molecule has 0 aromatic rings. The molecule has 1 aliphatic rings. The fraction of sp³-hybridized carbons (Fsp3) is 1.00. The van der Waals surface area contributed by atoms with Gasteiger partial charge in [0.1, 0.15) is 0 Å². The van der Waals surface area contributed by atoms with Crippen LogP contribution in [0.3, 0.4) is 0 Å². The van der Waals surface area contributed by atoms with Gasteiger partial charge in [-0.25, -0.2) is 9.44 Å². The number of aliphatic hydroxyl groups excluding tert-OH is 1. The standard InChI is InChI=1S/C11H24N2O3S/c1-9(2)7-12-17(15,16)13-8-10-3-5-11(14)6-4-10/h9-14H,3-8H2,1-2H3. The van der Waals surface area contributed by atoms with Gasteiger partial charge < -0.3 is 5.11 Å². The normalized spacial score (nSPS) is 26.4. The highest BCUT2D eigenvalue weighted by molar-refractivity contribution is 7.87. The third-order valence-electron chi connectivity index (χ3n) is 3.06. The van der Waals surface area contributed by atoms with E-state index in [1.54, 1.807) is 0 Å². The Morgan fingerprint density at radius 2 is 1.76 bits per heavy atom. The first kappa shape index (κ1) is 14.9. The number of aliphatic hydroxyl groups is 1. The van der Waals surface area contributed by atoms with E-state index >= 15 is 0 Å². The third-order valence-corrected chi connectivity index (χ3v) is 4.15. The molecule has 1 aliphatic carbocycles. The summed E-state index contributed by atoms with van der Waals surface area (Å²) in [5.41, 5.74) is 0. The maximum atomic E-state index is 11.6. The molecule has 1 saturated carbocycles. The summed E-state index contributed by atoms with van der Waals surface area (Å²) >= 11 is 0. The molecule has 0 atom stereocenters. The molecular formula is C11H24N2O3S. The molecule has 1 rings (SSSR count). The van der Waals surface area contributed by atoms with Crippen molar-refractivity contribution in [1.82, 2.24) is 9.44 Å². The lowest BCUT2D eigenvalue weighted by molar-refractivity contribution is 0.109. The van der Waals surface area contributed by atoms with E-state index in [0.29, 0.717) is 24.9 Å². The van der Waals surface area contributed by atoms with Gasteiger partial charge in [-0.3, -0.25) is 0 Å². The molecule has 17 heavy (non-hydrogen) atoms. The van der Waals surface area contributed by atoms with Crippen LogP contribution in [-0.2, 0) is 10.2 Å². The molecule has 0 spiro atoms. The van der Waals surface area contributed by atoms with E-state index in [2.05, 4.69) is 9.44 Å². The van der Waals surface area contributed by atoms with Crippen LogP contribution in [-0.4, -0.2) is 32.7 Å². The first-order valence-corrected chi connectivity index (χ1v) is 7.79. The first-order chi connectivity index (χ1) is 7.89. The van der Waals surface area contributed by atoms with Gasteiger partial charge >= 0.3 is 0 Å². The number of hydrogen-bond acceptors (Lipinski definition) is 3. The van der Waals surface area contributed by atoms with Crippen LogP contribution in [0.4, 0.5) is 0 Å². The van der Waals surface area contributed by atoms with Gasteiger partial charge in [-0.15, -0.1) is 0 Å². The average molecular weight is 264 g/mol. The van der Waals surface area contributed by atoms with Gasteiger partial charge in [-0.1, -0.05) is 13.8 Å². The van der Waals surface area contributed by atoms with Crippen molar-refractivity contribution in [3.05, 3.63) is 0 Å². The Kier molecular flexibility index (Phi) is 5.85. The minimum absolute atomic E-state index is 0.193. The quantitative estimate of drug-likeness (QED) is 0.658. The van der Waals surface area contributed by atoms with Crippen LogP contribution in [0.5, 0.6) is 0 Å². The van der Waals surface area contributed by atoms with Crippen LogP contribution in [0.15, 0.2) is 0 Å². The van der Waals surface area contributed by atoms with Gasteiger partial charge in [-0.2, -0.15) is 8.42 Å². The Balaban J connectivity index is 2.25. The Morgan fingerprint density at radius 3 is 2.29 bits per heavy atom. The molecule has 0 unspecified atom stereocenters. The zero-order valence-corrected chi connectivity index (χ0v) is 11.5. The van der Waals surface area contributed by atoms with Crippen LogP contribution in [0.2, 0.25) is 0 Å². The second kappa shape index (κ2) is 6.68. The highest BCUT2D eigenvalue weighted by Gasteiger charge is 2.21. The fourth-order valence-corrected chi connectivity index (χ4v) is 3.01. The van der Waals surface area contributed by atoms with Crippen molar-refractivity contribution in [2.75, 3.05) is 13.1 Å². The molecule has 0 bridgehead atoms. The molecule has 0 heterocycles. The molecular weight excluding hydrogens is 240 g/mol. The lowest BCUT2D eigenvalue weighted by atomic mass is 9.88. The minimum Gasteiger partial charge on any atom is -0.393 e. The second-order valence-electron chi connectivity index (χ2n) is 5.27. The maximum Gasteiger partial charge on any atom is 0.276 e. The second-order valence-corrected chi connectivity index (χ2v) is 6.85. The zero-order chi connectivity index (χ0) is 12.9. The molecule has 0 amide bonds. The van der Waals surface area contributed by atoms with Gasteiger partial charge in [0.2, 0.25) is 0 Å². The summed E-state index contributed by atoms with van der Waals surface area (Å²) < 4.78 is 28.2. The average Bonchev–Trinajstić information content (AvgIpc) is 2.26. The van der Waals surface area contributed by atoms with Crippen molar-refractivity contribution in [2.24, 2.45) is 11.8 Å². The van der Waals surface area contributed by atoms with Crippen LogP contribution < -0.4 is 9.44 Å². The molecule has 0 aromatic heterocycles. The van der Waals surface area contributed by atoms with Crippen molar-refractivity contribution in [3.63, 3.8) is 0 Å². The fourth-order valence-electron chi connectivity index (χ4n) is 1.90. The van der Waals surface area contributed by atoms with Crippen LogP contribution in [0.1, 0.15) is 39.5 Å². The van der Waals surface area contributed by atoms with Crippen LogP contribution >= 0.6 is 0 Å². The van der Waals surface area contributed by atoms with Crippen LogP contribution in [0.25, 0.3) is 0 Å². The molecule has 1 fully saturated rings. The van der Waals surface area contributed by atoms with Crippen molar-refractivity contribution < 1.29 is 13.5 Å². The topological polar surface area (TPSA) is 78.4 Å². The molecule has 0 aliphatic heterocycles. The number of hydrogen-bond donors (Lipinski definition) is 3. The Labute approximate surface area is 104 Å². The zero-order valence-electron chi connectivity index (χ0n) is 10.6. The SMILES string of the molecule is CC(C)CNS(=O)(=O)NCC1CCC(O)CC1. The molecule has 5 nitrogen and oxygen atoms in total. The number of nitrogens with one attached hydrogen (secondary N) is 2. The molecule has 0 radical (unpaired) electrons. The lowest BCUT2D eigenvalue weighted by Gasteiger charge is -2.25. The van der Waals surface area contributed by atoms with Crippen molar-refractivity contribution in [1.29, 1.82) is 0 Å². The van der Waals surface area contributed by atoms with E-state index in [1.165, 1.54) is 0 Å². The summed E-state index contributed by atoms with van der Waals surface area (Å²) in [7, 11) is -3.35. The van der Waals surface area contributed by atoms with E-state index in [-0.39, 0.29) is 6.10 Å². The predicted molar refractivity (Wildman–Crippen MR) is 67.7 cm³/mol. The van der Waals surface area contributed by atoms with Gasteiger partial charge in [0, 0.05) is 13.1 Å². The molecule has 0 aromatic carbocycles. The summed E-state index contributed by atoms with van der Waals surface area (Å²) in [6, 6.07) is 0. The Bertz CT molecular complexity index is 309. The summed E-state index contributed by atoms with van der Waals surface area (Å²) in [6.07, 6.45) is 3.17. The van der Waals surface area contributed by atoms with Gasteiger partial charge in [-0.05, 0) is 37.5 Å². The molecule has 3 N–H and O–H groups in total. The van der Waals surface area contributed by atoms with Crippen LogP contribution in [0, 0.1) is 11.8 Å². The largest absolute Gasteiger partial charge is 0.393 e. The van der Waals surface area contributed by atoms with Crippen molar-refractivity contribution in [2.45, 2.75) is 45.6 Å². The summed E-state index contributed by atoms with van der Waals surface area (Å²) in [5, 5.41) is 9.35. The number of rotatable bonds is 6. The summed E-state index contributed by atoms with van der Waals surface area (Å²) in [4.78, 5) is 0. The van der Waals surface area contributed by atoms with Crippen molar-refractivity contribution in [3.8, 4) is 0 Å². The molecule has 0 saturated heterocycles. The van der Waals surface area contributed by atoms with Gasteiger partial charge in [0.25, 0.3) is 10.2 Å². The van der Waals surface area contributed by atoms with Gasteiger partial charge in [0.05, 0.1) is 6.10 Å². The maximum absolute atomic E-state index is 11.6. The lowest BCUT2D eigenvalue weighted by Crippen LogP contribution is -2.41. The van der Waals surface area contributed by atoms with E-state index in [9.17, 15) is 13.5 Å².